The van der Waals surface area contributed by atoms with Crippen molar-refractivity contribution < 1.29 is 14.8 Å². The third-order valence-electron chi connectivity index (χ3n) is 3.51. The Bertz CT molecular complexity index is 524. The average Bonchev–Trinajstić information content (AvgIpc) is 2.34. The van der Waals surface area contributed by atoms with Gasteiger partial charge in [-0.05, 0) is 20.3 Å². The second kappa shape index (κ2) is 5.89. The normalized spacial score (nSPS) is 16.7. The van der Waals surface area contributed by atoms with Crippen molar-refractivity contribution in [2.45, 2.75) is 45.3 Å². The molecule has 1 aromatic rings. The zero-order valence-electron chi connectivity index (χ0n) is 12.7. The lowest BCUT2D eigenvalue weighted by atomic mass is 9.89. The fourth-order valence-corrected chi connectivity index (χ4v) is 2.67. The van der Waals surface area contributed by atoms with E-state index < -0.39 is 10.5 Å². The van der Waals surface area contributed by atoms with E-state index in [1.807, 2.05) is 25.7 Å². The molecule has 1 N–H and O–H groups in total. The number of non-ortho nitro benzene ring substituents is 1. The summed E-state index contributed by atoms with van der Waals surface area (Å²) in [6, 6.07) is 4.75. The first kappa shape index (κ1) is 15.6. The van der Waals surface area contributed by atoms with Gasteiger partial charge in [-0.1, -0.05) is 13.3 Å². The quantitative estimate of drug-likeness (QED) is 0.645. The first-order chi connectivity index (χ1) is 9.83. The average molecular weight is 294 g/mol. The molecule has 2 rings (SSSR count). The van der Waals surface area contributed by atoms with Crippen molar-refractivity contribution in [3.8, 4) is 5.75 Å². The molecule has 0 unspecified atom stereocenters. The molecule has 6 nitrogen and oxygen atoms in total. The lowest BCUT2D eigenvalue weighted by molar-refractivity contribution is -0.384. The molecule has 0 radical (unpaired) electrons. The summed E-state index contributed by atoms with van der Waals surface area (Å²) in [5.74, 6) is 0.486. The molecular formula is C15H22N2O4. The van der Waals surface area contributed by atoms with E-state index in [2.05, 4.69) is 0 Å². The van der Waals surface area contributed by atoms with Crippen LogP contribution in [0.3, 0.4) is 0 Å². The third-order valence-corrected chi connectivity index (χ3v) is 3.51. The van der Waals surface area contributed by atoms with Gasteiger partial charge in [-0.2, -0.15) is 0 Å². The van der Waals surface area contributed by atoms with Gasteiger partial charge in [-0.3, -0.25) is 10.1 Å². The zero-order valence-corrected chi connectivity index (χ0v) is 12.7. The molecule has 1 aromatic carbocycles. The Morgan fingerprint density at radius 3 is 2.62 bits per heavy atom. The van der Waals surface area contributed by atoms with Gasteiger partial charge in [0, 0.05) is 30.9 Å². The Hall–Kier alpha value is -1.82. The van der Waals surface area contributed by atoms with Crippen LogP contribution in [0.5, 0.6) is 5.75 Å². The van der Waals surface area contributed by atoms with Crippen LogP contribution in [0.4, 0.5) is 11.4 Å². The van der Waals surface area contributed by atoms with Gasteiger partial charge in [0.05, 0.1) is 22.7 Å². The molecule has 0 amide bonds. The molecule has 0 aromatic heterocycles. The molecule has 0 atom stereocenters. The van der Waals surface area contributed by atoms with Crippen molar-refractivity contribution in [1.82, 2.24) is 0 Å². The number of hydrogen-bond donors (Lipinski definition) is 1. The van der Waals surface area contributed by atoms with Crippen LogP contribution < -0.4 is 9.64 Å². The summed E-state index contributed by atoms with van der Waals surface area (Å²) in [5, 5.41) is 21.3. The summed E-state index contributed by atoms with van der Waals surface area (Å²) in [7, 11) is 0. The summed E-state index contributed by atoms with van der Waals surface area (Å²) in [6.07, 6.45) is 1.61. The van der Waals surface area contributed by atoms with Crippen LogP contribution in [-0.4, -0.2) is 34.8 Å². The smallest absolute Gasteiger partial charge is 0.275 e. The van der Waals surface area contributed by atoms with Crippen LogP contribution in [0.25, 0.3) is 0 Å². The van der Waals surface area contributed by atoms with Gasteiger partial charge < -0.3 is 14.7 Å². The van der Waals surface area contributed by atoms with E-state index in [0.29, 0.717) is 18.8 Å². The van der Waals surface area contributed by atoms with Crippen molar-refractivity contribution in [3.05, 3.63) is 28.3 Å². The fourth-order valence-electron chi connectivity index (χ4n) is 2.67. The molecule has 21 heavy (non-hydrogen) atoms. The molecule has 116 valence electrons. The van der Waals surface area contributed by atoms with Gasteiger partial charge in [-0.25, -0.2) is 0 Å². The lowest BCUT2D eigenvalue weighted by Crippen LogP contribution is -2.61. The summed E-state index contributed by atoms with van der Waals surface area (Å²) in [5.41, 5.74) is 0.0630. The molecule has 0 aliphatic carbocycles. The Morgan fingerprint density at radius 1 is 1.43 bits per heavy atom. The van der Waals surface area contributed by atoms with E-state index in [1.54, 1.807) is 6.07 Å². The number of aliphatic hydroxyl groups is 1. The van der Waals surface area contributed by atoms with Crippen LogP contribution in [0.1, 0.15) is 33.6 Å². The predicted octanol–water partition coefficient (Wildman–Crippen LogP) is 2.73. The number of hydrogen-bond acceptors (Lipinski definition) is 5. The van der Waals surface area contributed by atoms with Crippen molar-refractivity contribution in [2.75, 3.05) is 18.0 Å². The molecule has 1 aliphatic heterocycles. The van der Waals surface area contributed by atoms with E-state index in [1.165, 1.54) is 12.1 Å². The van der Waals surface area contributed by atoms with Crippen molar-refractivity contribution in [1.29, 1.82) is 0 Å². The Labute approximate surface area is 124 Å². The maximum atomic E-state index is 11.0. The van der Waals surface area contributed by atoms with Gasteiger partial charge in [0.25, 0.3) is 5.69 Å². The van der Waals surface area contributed by atoms with E-state index in [0.717, 1.165) is 18.5 Å². The lowest BCUT2D eigenvalue weighted by Gasteiger charge is -2.48. The molecule has 1 fully saturated rings. The number of ether oxygens (including phenoxy) is 1. The number of nitro benzene ring substituents is 1. The zero-order chi connectivity index (χ0) is 15.6. The molecule has 0 saturated carbocycles. The highest BCUT2D eigenvalue weighted by atomic mass is 16.6. The van der Waals surface area contributed by atoms with Gasteiger partial charge in [0.2, 0.25) is 0 Å². The van der Waals surface area contributed by atoms with Gasteiger partial charge >= 0.3 is 0 Å². The minimum absolute atomic E-state index is 0.00841. The highest BCUT2D eigenvalue weighted by molar-refractivity contribution is 5.60. The minimum Gasteiger partial charge on any atom is -0.491 e. The number of benzene rings is 1. The second-order valence-corrected chi connectivity index (χ2v) is 5.94. The maximum absolute atomic E-state index is 11.0. The van der Waals surface area contributed by atoms with E-state index in [9.17, 15) is 15.2 Å². The second-order valence-electron chi connectivity index (χ2n) is 5.94. The van der Waals surface area contributed by atoms with E-state index >= 15 is 0 Å². The summed E-state index contributed by atoms with van der Waals surface area (Å²) >= 11 is 0. The number of anilines is 1. The molecule has 0 bridgehead atoms. The summed E-state index contributed by atoms with van der Waals surface area (Å²) in [6.45, 7) is 6.79. The van der Waals surface area contributed by atoms with Crippen molar-refractivity contribution in [2.24, 2.45) is 0 Å². The number of β-amino-alcohol motifs (C(OH)–C–C–N with tert-alkyl or cyclic N) is 1. The first-order valence-electron chi connectivity index (χ1n) is 7.26. The monoisotopic (exact) mass is 294 g/mol. The minimum atomic E-state index is -0.668. The molecule has 6 heteroatoms. The molecule has 1 heterocycles. The standard InChI is InChI=1S/C15H22N2O4/c1-4-5-15(18)9-16(10-15)12-6-13(17(19)20)8-14(7-12)21-11(2)3/h6-8,11,18H,4-5,9-10H2,1-3H3. The highest BCUT2D eigenvalue weighted by Gasteiger charge is 2.40. The Kier molecular flexibility index (Phi) is 4.37. The maximum Gasteiger partial charge on any atom is 0.275 e. The SMILES string of the molecule is CCCC1(O)CN(c2cc(OC(C)C)cc([N+](=O)[O-])c2)C1. The van der Waals surface area contributed by atoms with E-state index in [-0.39, 0.29) is 11.8 Å². The van der Waals surface area contributed by atoms with Crippen LogP contribution in [-0.2, 0) is 0 Å². The Balaban J connectivity index is 2.20. The number of nitrogens with zero attached hydrogens (tertiary/aromatic N) is 2. The molecule has 0 spiro atoms. The van der Waals surface area contributed by atoms with Crippen molar-refractivity contribution >= 4 is 11.4 Å². The summed E-state index contributed by atoms with van der Waals surface area (Å²) < 4.78 is 5.57. The topological polar surface area (TPSA) is 75.8 Å². The predicted molar refractivity (Wildman–Crippen MR) is 80.9 cm³/mol. The van der Waals surface area contributed by atoms with Gasteiger partial charge in [-0.15, -0.1) is 0 Å². The van der Waals surface area contributed by atoms with Crippen molar-refractivity contribution in [3.63, 3.8) is 0 Å². The third kappa shape index (κ3) is 3.64. The number of rotatable bonds is 6. The summed E-state index contributed by atoms with van der Waals surface area (Å²) in [4.78, 5) is 12.6. The molecule has 1 aliphatic rings. The Morgan fingerprint density at radius 2 is 2.10 bits per heavy atom. The first-order valence-corrected chi connectivity index (χ1v) is 7.26. The van der Waals surface area contributed by atoms with Crippen LogP contribution >= 0.6 is 0 Å². The van der Waals surface area contributed by atoms with Gasteiger partial charge in [0.1, 0.15) is 5.75 Å². The largest absolute Gasteiger partial charge is 0.491 e. The fraction of sp³-hybridized carbons (Fsp3) is 0.600. The van der Waals surface area contributed by atoms with Crippen LogP contribution in [0.2, 0.25) is 0 Å². The van der Waals surface area contributed by atoms with Crippen LogP contribution in [0.15, 0.2) is 18.2 Å². The van der Waals surface area contributed by atoms with Crippen LogP contribution in [0, 0.1) is 10.1 Å². The van der Waals surface area contributed by atoms with E-state index in [4.69, 9.17) is 4.74 Å². The number of nitro groups is 1. The molecular weight excluding hydrogens is 272 g/mol. The highest BCUT2D eigenvalue weighted by Crippen LogP contribution is 2.35. The van der Waals surface area contributed by atoms with Gasteiger partial charge in [0.15, 0.2) is 0 Å². The molecule has 1 saturated heterocycles.